The topological polar surface area (TPSA) is 59.2 Å². The minimum atomic E-state index is -4.45. The number of hydrogen-bond donors (Lipinski definition) is 0. The molecule has 9 heteroatoms. The first-order valence-electron chi connectivity index (χ1n) is 8.83. The second kappa shape index (κ2) is 7.51. The van der Waals surface area contributed by atoms with E-state index < -0.39 is 11.7 Å². The molecule has 0 saturated carbocycles. The third-order valence-electron chi connectivity index (χ3n) is 4.77. The monoisotopic (exact) mass is 421 g/mol. The summed E-state index contributed by atoms with van der Waals surface area (Å²) in [4.78, 5) is 18.2. The number of carbonyl (C=O) groups excluding carboxylic acids is 1. The van der Waals surface area contributed by atoms with Gasteiger partial charge in [0, 0.05) is 23.7 Å². The lowest BCUT2D eigenvalue weighted by molar-refractivity contribution is -0.137. The second-order valence-electron chi connectivity index (χ2n) is 6.80. The Labute approximate surface area is 169 Å². The van der Waals surface area contributed by atoms with Crippen molar-refractivity contribution in [1.29, 1.82) is 0 Å². The molecule has 0 spiro atoms. The van der Waals surface area contributed by atoms with E-state index in [0.717, 1.165) is 17.7 Å². The van der Waals surface area contributed by atoms with Crippen LogP contribution in [0.15, 0.2) is 53.1 Å². The molecule has 0 radical (unpaired) electrons. The number of aromatic nitrogens is 2. The van der Waals surface area contributed by atoms with E-state index in [-0.39, 0.29) is 29.6 Å². The summed E-state index contributed by atoms with van der Waals surface area (Å²) in [6, 6.07) is 11.9. The van der Waals surface area contributed by atoms with E-state index in [9.17, 15) is 18.0 Å². The van der Waals surface area contributed by atoms with Crippen LogP contribution in [-0.4, -0.2) is 34.0 Å². The van der Waals surface area contributed by atoms with Crippen molar-refractivity contribution in [3.63, 3.8) is 0 Å². The zero-order valence-corrected chi connectivity index (χ0v) is 15.7. The summed E-state index contributed by atoms with van der Waals surface area (Å²) in [7, 11) is 0. The molecule has 2 aromatic carbocycles. The molecule has 1 aromatic heterocycles. The van der Waals surface area contributed by atoms with Crippen molar-refractivity contribution < 1.29 is 22.5 Å². The number of halogens is 4. The van der Waals surface area contributed by atoms with Crippen LogP contribution >= 0.6 is 11.6 Å². The lowest BCUT2D eigenvalue weighted by Gasteiger charge is -2.37. The first-order chi connectivity index (χ1) is 13.8. The normalized spacial score (nSPS) is 14.7. The van der Waals surface area contributed by atoms with E-state index in [2.05, 4.69) is 10.1 Å². The summed E-state index contributed by atoms with van der Waals surface area (Å²) in [6.45, 7) is 0.820. The quantitative estimate of drug-likeness (QED) is 0.619. The molecule has 0 bridgehead atoms. The zero-order valence-electron chi connectivity index (χ0n) is 15.0. The highest BCUT2D eigenvalue weighted by Crippen LogP contribution is 2.33. The Morgan fingerprint density at radius 1 is 1.17 bits per heavy atom. The third kappa shape index (κ3) is 4.12. The maximum absolute atomic E-state index is 12.9. The Hall–Kier alpha value is -2.87. The molecule has 29 heavy (non-hydrogen) atoms. The average molecular weight is 422 g/mol. The number of hydrogen-bond acceptors (Lipinski definition) is 4. The van der Waals surface area contributed by atoms with Gasteiger partial charge in [-0.1, -0.05) is 47.1 Å². The standard InChI is InChI=1S/C20H15ClF3N3O2/c21-16-7-2-1-4-12(16)9-17(28)27-10-14(11-27)19-25-18(26-29-19)13-5-3-6-15(8-13)20(22,23)24/h1-8,14H,9-11H2. The molecule has 150 valence electrons. The minimum Gasteiger partial charge on any atom is -0.341 e. The molecule has 0 N–H and O–H groups in total. The van der Waals surface area contributed by atoms with Gasteiger partial charge in [-0.05, 0) is 23.8 Å². The van der Waals surface area contributed by atoms with Gasteiger partial charge in [-0.15, -0.1) is 0 Å². The van der Waals surface area contributed by atoms with Crippen molar-refractivity contribution in [3.05, 3.63) is 70.6 Å². The highest BCUT2D eigenvalue weighted by Gasteiger charge is 2.36. The van der Waals surface area contributed by atoms with Gasteiger partial charge in [0.25, 0.3) is 0 Å². The van der Waals surface area contributed by atoms with Gasteiger partial charge in [0.05, 0.1) is 17.9 Å². The number of benzene rings is 2. The van der Waals surface area contributed by atoms with Crippen LogP contribution in [0, 0.1) is 0 Å². The van der Waals surface area contributed by atoms with Gasteiger partial charge in [0.15, 0.2) is 0 Å². The molecular weight excluding hydrogens is 407 g/mol. The summed E-state index contributed by atoms with van der Waals surface area (Å²) >= 11 is 6.08. The molecule has 3 aromatic rings. The predicted molar refractivity (Wildman–Crippen MR) is 99.2 cm³/mol. The Morgan fingerprint density at radius 3 is 2.66 bits per heavy atom. The fourth-order valence-electron chi connectivity index (χ4n) is 3.11. The summed E-state index contributed by atoms with van der Waals surface area (Å²) in [5, 5.41) is 4.33. The van der Waals surface area contributed by atoms with E-state index in [1.807, 2.05) is 6.07 Å². The molecule has 1 amide bonds. The van der Waals surface area contributed by atoms with Crippen LogP contribution in [0.2, 0.25) is 5.02 Å². The molecule has 1 saturated heterocycles. The Balaban J connectivity index is 1.40. The highest BCUT2D eigenvalue weighted by atomic mass is 35.5. The highest BCUT2D eigenvalue weighted by molar-refractivity contribution is 6.31. The van der Waals surface area contributed by atoms with Gasteiger partial charge in [-0.2, -0.15) is 18.2 Å². The summed E-state index contributed by atoms with van der Waals surface area (Å²) in [5.74, 6) is 0.190. The average Bonchev–Trinajstić information content (AvgIpc) is 3.11. The first-order valence-corrected chi connectivity index (χ1v) is 9.21. The van der Waals surface area contributed by atoms with Crippen molar-refractivity contribution in [1.82, 2.24) is 15.0 Å². The largest absolute Gasteiger partial charge is 0.416 e. The molecule has 1 aliphatic rings. The summed E-state index contributed by atoms with van der Waals surface area (Å²) in [5.41, 5.74) is 0.203. The molecule has 1 aliphatic heterocycles. The number of amides is 1. The van der Waals surface area contributed by atoms with E-state index >= 15 is 0 Å². The second-order valence-corrected chi connectivity index (χ2v) is 7.21. The SMILES string of the molecule is O=C(Cc1ccccc1Cl)N1CC(c2nc(-c3cccc(C(F)(F)F)c3)no2)C1. The molecule has 0 aliphatic carbocycles. The van der Waals surface area contributed by atoms with Gasteiger partial charge >= 0.3 is 6.18 Å². The van der Waals surface area contributed by atoms with Crippen LogP contribution in [0.5, 0.6) is 0 Å². The number of alkyl halides is 3. The molecule has 0 atom stereocenters. The van der Waals surface area contributed by atoms with Crippen molar-refractivity contribution in [2.45, 2.75) is 18.5 Å². The Kier molecular flexibility index (Phi) is 5.04. The van der Waals surface area contributed by atoms with E-state index in [4.69, 9.17) is 16.1 Å². The lowest BCUT2D eigenvalue weighted by Crippen LogP contribution is -2.49. The molecule has 2 heterocycles. The van der Waals surface area contributed by atoms with Crippen LogP contribution in [0.25, 0.3) is 11.4 Å². The van der Waals surface area contributed by atoms with Crippen molar-refractivity contribution in [2.24, 2.45) is 0 Å². The first kappa shape index (κ1) is 19.4. The Morgan fingerprint density at radius 2 is 1.93 bits per heavy atom. The summed E-state index contributed by atoms with van der Waals surface area (Å²) < 4.78 is 43.8. The fourth-order valence-corrected chi connectivity index (χ4v) is 3.31. The van der Waals surface area contributed by atoms with Gasteiger partial charge in [0.2, 0.25) is 17.6 Å². The molecular formula is C20H15ClF3N3O2. The number of carbonyl (C=O) groups is 1. The van der Waals surface area contributed by atoms with Crippen LogP contribution < -0.4 is 0 Å². The van der Waals surface area contributed by atoms with Gasteiger partial charge < -0.3 is 9.42 Å². The maximum Gasteiger partial charge on any atom is 0.416 e. The summed E-state index contributed by atoms with van der Waals surface area (Å²) in [6.07, 6.45) is -4.25. The number of nitrogens with zero attached hydrogens (tertiary/aromatic N) is 3. The third-order valence-corrected chi connectivity index (χ3v) is 5.14. The zero-order chi connectivity index (χ0) is 20.6. The predicted octanol–water partition coefficient (Wildman–Crippen LogP) is 4.58. The van der Waals surface area contributed by atoms with Crippen molar-refractivity contribution >= 4 is 17.5 Å². The van der Waals surface area contributed by atoms with Gasteiger partial charge in [-0.3, -0.25) is 4.79 Å². The lowest BCUT2D eigenvalue weighted by atomic mass is 9.98. The molecule has 4 rings (SSSR count). The van der Waals surface area contributed by atoms with Crippen LogP contribution in [0.3, 0.4) is 0 Å². The van der Waals surface area contributed by atoms with Gasteiger partial charge in [-0.25, -0.2) is 0 Å². The maximum atomic E-state index is 12.9. The van der Waals surface area contributed by atoms with Crippen LogP contribution in [-0.2, 0) is 17.4 Å². The fraction of sp³-hybridized carbons (Fsp3) is 0.250. The van der Waals surface area contributed by atoms with Gasteiger partial charge in [0.1, 0.15) is 0 Å². The van der Waals surface area contributed by atoms with Crippen molar-refractivity contribution in [2.75, 3.05) is 13.1 Å². The van der Waals surface area contributed by atoms with Crippen LogP contribution in [0.1, 0.15) is 22.9 Å². The molecule has 0 unspecified atom stereocenters. The van der Waals surface area contributed by atoms with E-state index in [0.29, 0.717) is 24.0 Å². The minimum absolute atomic E-state index is 0.0630. The van der Waals surface area contributed by atoms with Crippen molar-refractivity contribution in [3.8, 4) is 11.4 Å². The molecule has 1 fully saturated rings. The molecule has 5 nitrogen and oxygen atoms in total. The smallest absolute Gasteiger partial charge is 0.341 e. The van der Waals surface area contributed by atoms with Crippen LogP contribution in [0.4, 0.5) is 13.2 Å². The Bertz CT molecular complexity index is 1050. The van der Waals surface area contributed by atoms with E-state index in [1.54, 1.807) is 23.1 Å². The number of rotatable bonds is 4. The van der Waals surface area contributed by atoms with E-state index in [1.165, 1.54) is 12.1 Å². The number of likely N-dealkylation sites (tertiary alicyclic amines) is 1.